The van der Waals surface area contributed by atoms with Crippen molar-refractivity contribution in [3.05, 3.63) is 40.7 Å². The van der Waals surface area contributed by atoms with E-state index in [1.807, 2.05) is 6.92 Å². The van der Waals surface area contributed by atoms with E-state index >= 15 is 0 Å². The van der Waals surface area contributed by atoms with Crippen LogP contribution >= 0.6 is 11.3 Å². The second-order valence-electron chi connectivity index (χ2n) is 10.7. The number of carbonyl (C=O) groups excluding carboxylic acids is 1. The average molecular weight is 493 g/mol. The number of hydrogen-bond donors (Lipinski definition) is 1. The first-order chi connectivity index (χ1) is 17.0. The van der Waals surface area contributed by atoms with Gasteiger partial charge in [-0.3, -0.25) is 4.79 Å². The normalized spacial score (nSPS) is 30.7. The third-order valence-electron chi connectivity index (χ3n) is 8.89. The van der Waals surface area contributed by atoms with Crippen molar-refractivity contribution in [2.24, 2.45) is 28.3 Å². The smallest absolute Gasteiger partial charge is 0.226 e. The molecule has 3 aliphatic rings. The van der Waals surface area contributed by atoms with Gasteiger partial charge in [0, 0.05) is 22.9 Å². The lowest BCUT2D eigenvalue weighted by atomic mass is 9.54. The van der Waals surface area contributed by atoms with Crippen LogP contribution in [0.25, 0.3) is 11.1 Å². The van der Waals surface area contributed by atoms with E-state index in [0.717, 1.165) is 54.5 Å². The molecule has 0 radical (unpaired) electrons. The summed E-state index contributed by atoms with van der Waals surface area (Å²) in [4.78, 5) is 28.0. The number of hydrogen-bond acceptors (Lipinski definition) is 7. The van der Waals surface area contributed by atoms with Crippen LogP contribution < -0.4 is 5.32 Å². The molecule has 1 amide bonds. The molecule has 0 bridgehead atoms. The number of carbonyl (C=O) groups is 1. The molecular weight excluding hydrogens is 460 g/mol. The van der Waals surface area contributed by atoms with Crippen LogP contribution in [0.2, 0.25) is 0 Å². The second kappa shape index (κ2) is 8.73. The monoisotopic (exact) mass is 492 g/mol. The molecule has 2 heterocycles. The number of thiazole rings is 1. The van der Waals surface area contributed by atoms with E-state index in [2.05, 4.69) is 39.5 Å². The lowest BCUT2D eigenvalue weighted by Gasteiger charge is -2.50. The topological polar surface area (TPSA) is 89.6 Å². The summed E-state index contributed by atoms with van der Waals surface area (Å²) in [6.07, 6.45) is 10.1. The lowest BCUT2D eigenvalue weighted by molar-refractivity contribution is -0.116. The molecule has 5 atom stereocenters. The molecule has 6 rings (SSSR count). The largest absolute Gasteiger partial charge is 0.443 e. The van der Waals surface area contributed by atoms with Crippen molar-refractivity contribution in [2.45, 2.75) is 64.7 Å². The number of fused-ring (bicyclic) bond motifs is 7. The maximum atomic E-state index is 12.8. The Bertz CT molecular complexity index is 1300. The third kappa shape index (κ3) is 3.77. The number of oxime groups is 1. The quantitative estimate of drug-likeness (QED) is 0.435. The van der Waals surface area contributed by atoms with Gasteiger partial charge in [-0.15, -0.1) is 11.3 Å². The Kier molecular flexibility index (Phi) is 5.66. The van der Waals surface area contributed by atoms with E-state index in [0.29, 0.717) is 35.2 Å². The molecule has 1 aromatic carbocycles. The van der Waals surface area contributed by atoms with Gasteiger partial charge in [0.05, 0.1) is 5.71 Å². The fraction of sp³-hybridized carbons (Fsp3) is 0.556. The lowest BCUT2D eigenvalue weighted by Crippen LogP contribution is -2.44. The van der Waals surface area contributed by atoms with E-state index in [1.54, 1.807) is 19.7 Å². The Hall–Kier alpha value is -2.74. The average Bonchev–Trinajstić information content (AvgIpc) is 3.55. The van der Waals surface area contributed by atoms with E-state index in [-0.39, 0.29) is 11.3 Å². The van der Waals surface area contributed by atoms with Crippen molar-refractivity contribution < 1.29 is 14.0 Å². The van der Waals surface area contributed by atoms with Crippen LogP contribution in [0.1, 0.15) is 67.4 Å². The minimum atomic E-state index is 0.0280. The van der Waals surface area contributed by atoms with Crippen LogP contribution in [0.4, 0.5) is 5.13 Å². The predicted octanol–water partition coefficient (Wildman–Crippen LogP) is 6.10. The SMILES string of the molecule is CO/N=C1\C[C@@H](CCC(=O)Nc2ncc(C)s2)C2C3CCc4c(ccc5ocnc45)C3CC[C@]12C. The zero-order valence-electron chi connectivity index (χ0n) is 20.5. The second-order valence-corrected chi connectivity index (χ2v) is 11.9. The first kappa shape index (κ1) is 22.7. The van der Waals surface area contributed by atoms with Crippen LogP contribution in [-0.2, 0) is 16.1 Å². The molecule has 35 heavy (non-hydrogen) atoms. The summed E-state index contributed by atoms with van der Waals surface area (Å²) in [6, 6.07) is 4.37. The van der Waals surface area contributed by atoms with Crippen LogP contribution in [-0.4, -0.2) is 28.7 Å². The summed E-state index contributed by atoms with van der Waals surface area (Å²) < 4.78 is 5.58. The van der Waals surface area contributed by atoms with Gasteiger partial charge in [0.1, 0.15) is 12.6 Å². The third-order valence-corrected chi connectivity index (χ3v) is 9.72. The first-order valence-electron chi connectivity index (χ1n) is 12.7. The maximum Gasteiger partial charge on any atom is 0.226 e. The summed E-state index contributed by atoms with van der Waals surface area (Å²) in [5.41, 5.74) is 5.96. The Labute approximate surface area is 209 Å². The maximum absolute atomic E-state index is 12.8. The van der Waals surface area contributed by atoms with E-state index in [9.17, 15) is 4.79 Å². The molecule has 0 aliphatic heterocycles. The number of aryl methyl sites for hydroxylation is 2. The number of aromatic nitrogens is 2. The Morgan fingerprint density at radius 1 is 1.34 bits per heavy atom. The van der Waals surface area contributed by atoms with Crippen LogP contribution in [0.15, 0.2) is 34.3 Å². The summed E-state index contributed by atoms with van der Waals surface area (Å²) in [5, 5.41) is 8.20. The van der Waals surface area contributed by atoms with Crippen molar-refractivity contribution >= 4 is 39.2 Å². The predicted molar refractivity (Wildman–Crippen MR) is 137 cm³/mol. The molecule has 3 unspecified atom stereocenters. The molecule has 0 spiro atoms. The highest BCUT2D eigenvalue weighted by Crippen LogP contribution is 2.62. The number of nitrogens with zero attached hydrogens (tertiary/aromatic N) is 3. The Balaban J connectivity index is 1.26. The van der Waals surface area contributed by atoms with Gasteiger partial charge in [-0.25, -0.2) is 9.97 Å². The molecule has 8 heteroatoms. The number of anilines is 1. The number of nitrogens with one attached hydrogen (secondary N) is 1. The molecule has 2 saturated carbocycles. The van der Waals surface area contributed by atoms with E-state index < -0.39 is 0 Å². The molecular formula is C27H32N4O3S. The fourth-order valence-corrected chi connectivity index (χ4v) is 8.19. The number of amides is 1. The molecule has 1 N–H and O–H groups in total. The molecule has 7 nitrogen and oxygen atoms in total. The van der Waals surface area contributed by atoms with Gasteiger partial charge in [-0.05, 0) is 86.3 Å². The molecule has 2 fully saturated rings. The Morgan fingerprint density at radius 3 is 3.03 bits per heavy atom. The summed E-state index contributed by atoms with van der Waals surface area (Å²) in [6.45, 7) is 4.39. The van der Waals surface area contributed by atoms with Crippen molar-refractivity contribution in [3.63, 3.8) is 0 Å². The first-order valence-corrected chi connectivity index (χ1v) is 13.5. The number of oxazole rings is 1. The summed E-state index contributed by atoms with van der Waals surface area (Å²) >= 11 is 1.52. The molecule has 0 saturated heterocycles. The number of benzene rings is 1. The van der Waals surface area contributed by atoms with E-state index in [1.165, 1.54) is 28.2 Å². The van der Waals surface area contributed by atoms with Gasteiger partial charge in [0.15, 0.2) is 17.1 Å². The van der Waals surface area contributed by atoms with Gasteiger partial charge in [-0.2, -0.15) is 0 Å². The highest BCUT2D eigenvalue weighted by Gasteiger charge is 2.57. The van der Waals surface area contributed by atoms with Gasteiger partial charge in [0.25, 0.3) is 0 Å². The number of rotatable bonds is 5. The minimum Gasteiger partial charge on any atom is -0.443 e. The standard InChI is InChI=1S/C27H32N4O3S/c1-15-13-28-26(35-15)30-23(32)9-4-16-12-22(31-33-3)27(2)11-10-18-17-7-8-21-25(29-14-34-21)20(17)6-5-19(18)24(16)27/h7-8,13-14,16,18-19,24H,4-6,9-12H2,1-3H3,(H,28,30,32)/b31-22+/t16-,18?,19?,24?,27-/m1/s1. The van der Waals surface area contributed by atoms with Gasteiger partial charge in [0.2, 0.25) is 5.91 Å². The zero-order chi connectivity index (χ0) is 24.2. The summed E-state index contributed by atoms with van der Waals surface area (Å²) in [7, 11) is 1.65. The summed E-state index contributed by atoms with van der Waals surface area (Å²) in [5.74, 6) is 2.06. The van der Waals surface area contributed by atoms with Crippen molar-refractivity contribution in [2.75, 3.05) is 12.4 Å². The van der Waals surface area contributed by atoms with Crippen molar-refractivity contribution in [3.8, 4) is 0 Å². The van der Waals surface area contributed by atoms with Gasteiger partial charge < -0.3 is 14.6 Å². The zero-order valence-corrected chi connectivity index (χ0v) is 21.4. The van der Waals surface area contributed by atoms with Crippen molar-refractivity contribution in [1.29, 1.82) is 0 Å². The molecule has 2 aromatic heterocycles. The van der Waals surface area contributed by atoms with E-state index in [4.69, 9.17) is 9.25 Å². The van der Waals surface area contributed by atoms with Gasteiger partial charge >= 0.3 is 0 Å². The molecule has 3 aromatic rings. The highest BCUT2D eigenvalue weighted by molar-refractivity contribution is 7.15. The minimum absolute atomic E-state index is 0.0280. The highest BCUT2D eigenvalue weighted by atomic mass is 32.1. The molecule has 184 valence electrons. The van der Waals surface area contributed by atoms with Gasteiger partial charge in [-0.1, -0.05) is 18.1 Å². The Morgan fingerprint density at radius 2 is 2.23 bits per heavy atom. The van der Waals surface area contributed by atoms with Crippen LogP contribution in [0, 0.1) is 30.1 Å². The van der Waals surface area contributed by atoms with Crippen LogP contribution in [0.3, 0.4) is 0 Å². The fourth-order valence-electron chi connectivity index (χ4n) is 7.51. The van der Waals surface area contributed by atoms with Crippen molar-refractivity contribution in [1.82, 2.24) is 9.97 Å². The molecule has 3 aliphatic carbocycles. The van der Waals surface area contributed by atoms with Crippen LogP contribution in [0.5, 0.6) is 0 Å².